The molecule has 0 aromatic heterocycles. The van der Waals surface area contributed by atoms with Crippen molar-refractivity contribution in [1.29, 1.82) is 0 Å². The van der Waals surface area contributed by atoms with Crippen LogP contribution in [-0.4, -0.2) is 171 Å². The molecular formula is C61H95IN10O13. The van der Waals surface area contributed by atoms with Gasteiger partial charge in [0.2, 0.25) is 35.4 Å². The molecule has 0 aliphatic carbocycles. The average Bonchev–Trinajstić information content (AvgIpc) is 3.57. The minimum absolute atomic E-state index is 0.0203. The third kappa shape index (κ3) is 22.1. The second-order valence-electron chi connectivity index (χ2n) is 22.9. The number of primary amides is 1. The number of urea groups is 1. The first-order chi connectivity index (χ1) is 40.3. The Kier molecular flexibility index (Phi) is 31.4. The molecule has 3 rings (SSSR count). The topological polar surface area (TPSA) is 298 Å². The van der Waals surface area contributed by atoms with E-state index in [0.29, 0.717) is 43.5 Å². The molecule has 8 N–H and O–H groups in total. The summed E-state index contributed by atoms with van der Waals surface area (Å²) in [5.74, 6) is -4.99. The largest absolute Gasteiger partial charge is 0.460 e. The Morgan fingerprint density at radius 1 is 0.765 bits per heavy atom. The van der Waals surface area contributed by atoms with Gasteiger partial charge in [0.1, 0.15) is 37.4 Å². The monoisotopic (exact) mass is 1300 g/mol. The number of likely N-dealkylation sites (N-methyl/N-ethyl adjacent to an activating group) is 2. The van der Waals surface area contributed by atoms with Crippen LogP contribution < -0.4 is 35.8 Å². The van der Waals surface area contributed by atoms with E-state index in [4.69, 9.17) is 24.7 Å². The Morgan fingerprint density at radius 3 is 1.95 bits per heavy atom. The van der Waals surface area contributed by atoms with Crippen LogP contribution in [0.3, 0.4) is 0 Å². The molecule has 23 nitrogen and oxygen atoms in total. The quantitative estimate of drug-likeness (QED) is 0.0145. The van der Waals surface area contributed by atoms with Gasteiger partial charge < -0.3 is 61.1 Å². The van der Waals surface area contributed by atoms with E-state index >= 15 is 0 Å². The van der Waals surface area contributed by atoms with E-state index in [1.54, 1.807) is 75.7 Å². The van der Waals surface area contributed by atoms with Crippen LogP contribution in [0, 0.1) is 29.6 Å². The number of carbonyl (C=O) groups excluding carboxylic acids is 9. The fourth-order valence-electron chi connectivity index (χ4n) is 10.6. The van der Waals surface area contributed by atoms with Crippen molar-refractivity contribution in [3.63, 3.8) is 0 Å². The van der Waals surface area contributed by atoms with Crippen LogP contribution in [0.2, 0.25) is 0 Å². The molecule has 0 saturated carbocycles. The zero-order valence-electron chi connectivity index (χ0n) is 51.9. The van der Waals surface area contributed by atoms with Gasteiger partial charge in [0.25, 0.3) is 0 Å². The van der Waals surface area contributed by atoms with Gasteiger partial charge in [-0.25, -0.2) is 17.9 Å². The minimum atomic E-state index is -1.06. The standard InChI is InChI=1S/C61H95IN10O13/c1-15-32-84-59(79)45(33-41-22-18-17-19-23-41)67-54(74)40(10)53(83-14)46-25-21-31-72(46)48(73)34-47(82-13)52(39(9)16-2)70(11)58(78)50(37(5)6)68-57(77)51(38(7)8)71(12)61(81)85-35-42-26-28-43(29-27-42)65-55(75)44(24-20-30-64-60(63)80)66-56(76)49(69-62)36(3)4/h15,17-19,22-23,26-29,36-40,44-47,49-53,69H,1,16,20-21,24-25,30-35H2,2-14H3,(H,65,75)(H,66,76)(H,67,74)(H,68,77)(H3,63,64,80)/t39-,40+,44-,45-,46-,47+,49-,50-,51-,52-,53+/m0/s1. The zero-order valence-corrected chi connectivity index (χ0v) is 54.1. The normalized spacial score (nSPS) is 16.7. The molecule has 0 unspecified atom stereocenters. The predicted octanol–water partition coefficient (Wildman–Crippen LogP) is 5.63. The van der Waals surface area contributed by atoms with Gasteiger partial charge in [0, 0.05) is 76.4 Å². The predicted molar refractivity (Wildman–Crippen MR) is 332 cm³/mol. The van der Waals surface area contributed by atoms with Gasteiger partial charge in [-0.15, -0.1) is 0 Å². The van der Waals surface area contributed by atoms with E-state index < -0.39 is 114 Å². The maximum atomic E-state index is 14.8. The number of likely N-dealkylation sites (tertiary alicyclic amines) is 1. The lowest BCUT2D eigenvalue weighted by Gasteiger charge is -2.41. The molecule has 0 radical (unpaired) electrons. The van der Waals surface area contributed by atoms with Crippen LogP contribution in [0.1, 0.15) is 112 Å². The maximum absolute atomic E-state index is 14.8. The Morgan fingerprint density at radius 2 is 1.40 bits per heavy atom. The van der Waals surface area contributed by atoms with Gasteiger partial charge in [0.05, 0.1) is 42.7 Å². The van der Waals surface area contributed by atoms with Crippen LogP contribution in [0.5, 0.6) is 0 Å². The number of carbonyl (C=O) groups is 9. The third-order valence-electron chi connectivity index (χ3n) is 15.6. The number of ether oxygens (including phenoxy) is 4. The molecule has 0 bridgehead atoms. The molecule has 2 aromatic rings. The third-order valence-corrected chi connectivity index (χ3v) is 16.2. The van der Waals surface area contributed by atoms with Gasteiger partial charge in [-0.1, -0.05) is 124 Å². The van der Waals surface area contributed by atoms with Crippen molar-refractivity contribution in [2.75, 3.05) is 53.3 Å². The first kappa shape index (κ1) is 72.9. The molecular weight excluding hydrogens is 1210 g/mol. The summed E-state index contributed by atoms with van der Waals surface area (Å²) in [6.07, 6.45) is 1.63. The van der Waals surface area contributed by atoms with E-state index in [1.165, 1.54) is 32.2 Å². The van der Waals surface area contributed by atoms with Crippen molar-refractivity contribution >= 4 is 82.1 Å². The molecule has 2 aromatic carbocycles. The lowest BCUT2D eigenvalue weighted by molar-refractivity contribution is -0.149. The highest BCUT2D eigenvalue weighted by Crippen LogP contribution is 2.30. The molecule has 1 saturated heterocycles. The average molecular weight is 1300 g/mol. The number of nitrogens with two attached hydrogens (primary N) is 1. The lowest BCUT2D eigenvalue weighted by atomic mass is 9.89. The molecule has 1 heterocycles. The molecule has 85 heavy (non-hydrogen) atoms. The SMILES string of the molecule is C=CCOC(=O)[C@H](Cc1ccccc1)NC(=O)[C@H](C)[C@@H](OC)[C@@H]1CCCN1C(=O)C[C@@H](OC)[C@H]([C@@H](C)CC)N(C)C(=O)[C@@H](NC(=O)[C@H](C(C)C)N(C)C(=O)OCc1ccc(NC(=O)[C@H](CCCNC(N)=O)NC(=O)[C@@H](NI)C(C)C)cc1)C(C)C. The van der Waals surface area contributed by atoms with Gasteiger partial charge in [-0.2, -0.15) is 0 Å². The highest BCUT2D eigenvalue weighted by atomic mass is 127. The molecule has 1 aliphatic rings. The van der Waals surface area contributed by atoms with Crippen LogP contribution in [-0.2, 0) is 65.5 Å². The smallest absolute Gasteiger partial charge is 0.410 e. The molecule has 1 fully saturated rings. The summed E-state index contributed by atoms with van der Waals surface area (Å²) in [4.78, 5) is 127. The number of nitrogens with zero attached hydrogens (tertiary/aromatic N) is 3. The number of anilines is 1. The summed E-state index contributed by atoms with van der Waals surface area (Å²) >= 11 is 1.90. The van der Waals surface area contributed by atoms with E-state index in [0.717, 1.165) is 5.56 Å². The van der Waals surface area contributed by atoms with E-state index in [9.17, 15) is 43.2 Å². The Labute approximate surface area is 516 Å². The van der Waals surface area contributed by atoms with E-state index in [-0.39, 0.29) is 62.7 Å². The molecule has 11 atom stereocenters. The number of methoxy groups -OCH3 is 2. The lowest BCUT2D eigenvalue weighted by Crippen LogP contribution is -2.60. The number of esters is 1. The number of hydrogen-bond donors (Lipinski definition) is 7. The van der Waals surface area contributed by atoms with Gasteiger partial charge in [-0.05, 0) is 72.6 Å². The number of benzene rings is 2. The molecule has 24 heteroatoms. The minimum Gasteiger partial charge on any atom is -0.460 e. The summed E-state index contributed by atoms with van der Waals surface area (Å²) < 4.78 is 26.0. The number of nitrogens with one attached hydrogen (secondary N) is 6. The van der Waals surface area contributed by atoms with Crippen molar-refractivity contribution in [1.82, 2.24) is 39.5 Å². The fraction of sp³-hybridized carbons (Fsp3) is 0.623. The highest BCUT2D eigenvalue weighted by molar-refractivity contribution is 14.1. The van der Waals surface area contributed by atoms with E-state index in [2.05, 4.69) is 36.7 Å². The molecule has 0 spiro atoms. The Hall–Kier alpha value is -6.38. The van der Waals surface area contributed by atoms with Crippen LogP contribution in [0.15, 0.2) is 67.3 Å². The zero-order chi connectivity index (χ0) is 63.7. The number of halogens is 1. The number of rotatable bonds is 35. The van der Waals surface area contributed by atoms with Crippen LogP contribution in [0.25, 0.3) is 0 Å². The molecule has 1 aliphatic heterocycles. The second-order valence-corrected chi connectivity index (χ2v) is 23.5. The summed E-state index contributed by atoms with van der Waals surface area (Å²) in [6.45, 7) is 20.6. The molecule has 9 amide bonds. The summed E-state index contributed by atoms with van der Waals surface area (Å²) in [5.41, 5.74) is 7.00. The first-order valence-electron chi connectivity index (χ1n) is 29.3. The van der Waals surface area contributed by atoms with Gasteiger partial charge in [-0.3, -0.25) is 33.7 Å². The van der Waals surface area contributed by atoms with Crippen molar-refractivity contribution in [2.45, 2.75) is 168 Å². The van der Waals surface area contributed by atoms with Gasteiger partial charge >= 0.3 is 18.1 Å². The van der Waals surface area contributed by atoms with Crippen LogP contribution in [0.4, 0.5) is 15.3 Å². The number of hydrogen-bond acceptors (Lipinski definition) is 14. The van der Waals surface area contributed by atoms with Crippen molar-refractivity contribution in [2.24, 2.45) is 35.3 Å². The van der Waals surface area contributed by atoms with Crippen LogP contribution >= 0.6 is 22.9 Å². The second kappa shape index (κ2) is 36.6. The molecule has 474 valence electrons. The van der Waals surface area contributed by atoms with Crippen molar-refractivity contribution < 1.29 is 62.1 Å². The summed E-state index contributed by atoms with van der Waals surface area (Å²) in [6, 6.07) is 9.41. The highest BCUT2D eigenvalue weighted by Gasteiger charge is 2.44. The fourth-order valence-corrected chi connectivity index (χ4v) is 11.6. The Bertz CT molecular complexity index is 2510. The number of amides is 9. The summed E-state index contributed by atoms with van der Waals surface area (Å²) in [5, 5.41) is 13.9. The summed E-state index contributed by atoms with van der Waals surface area (Å²) in [7, 11) is 6.07. The first-order valence-corrected chi connectivity index (χ1v) is 30.4. The van der Waals surface area contributed by atoms with E-state index in [1.807, 2.05) is 80.9 Å². The van der Waals surface area contributed by atoms with Gasteiger partial charge in [0.15, 0.2) is 0 Å². The maximum Gasteiger partial charge on any atom is 0.410 e. The van der Waals surface area contributed by atoms with Crippen molar-refractivity contribution in [3.8, 4) is 0 Å². The Balaban J connectivity index is 1.73. The van der Waals surface area contributed by atoms with Crippen molar-refractivity contribution in [3.05, 3.63) is 78.4 Å².